The molecule has 3 heteroatoms. The summed E-state index contributed by atoms with van der Waals surface area (Å²) in [5.74, 6) is 0. The maximum absolute atomic E-state index is 6.46. The molecule has 0 bridgehead atoms. The Balaban J connectivity index is 2.04. The van der Waals surface area contributed by atoms with Gasteiger partial charge in [0.2, 0.25) is 0 Å². The van der Waals surface area contributed by atoms with E-state index in [2.05, 4.69) is 18.7 Å². The minimum absolute atomic E-state index is 0.365. The first-order chi connectivity index (χ1) is 8.72. The van der Waals surface area contributed by atoms with Crippen LogP contribution >= 0.6 is 0 Å². The Morgan fingerprint density at radius 2 is 1.89 bits per heavy atom. The zero-order valence-corrected chi connectivity index (χ0v) is 12.1. The molecule has 2 N–H and O–H groups in total. The Hall–Kier alpha value is -0.120. The summed E-state index contributed by atoms with van der Waals surface area (Å²) in [6.07, 6.45) is 9.45. The topological polar surface area (TPSA) is 38.5 Å². The molecule has 2 rings (SSSR count). The fraction of sp³-hybridized carbons (Fsp3) is 1.00. The SMILES string of the molecule is CCC1COC(C)CN1C1CCCCCCC1N. The van der Waals surface area contributed by atoms with Gasteiger partial charge in [0.15, 0.2) is 0 Å². The summed E-state index contributed by atoms with van der Waals surface area (Å²) in [5.41, 5.74) is 6.46. The first-order valence-electron chi connectivity index (χ1n) is 7.85. The summed E-state index contributed by atoms with van der Waals surface area (Å²) in [7, 11) is 0. The number of morpholine rings is 1. The molecule has 2 fully saturated rings. The van der Waals surface area contributed by atoms with E-state index in [1.54, 1.807) is 0 Å². The van der Waals surface area contributed by atoms with Crippen molar-refractivity contribution in [2.45, 2.75) is 83.0 Å². The molecular weight excluding hydrogens is 224 g/mol. The van der Waals surface area contributed by atoms with Gasteiger partial charge in [-0.1, -0.05) is 32.6 Å². The van der Waals surface area contributed by atoms with Crippen LogP contribution in [0, 0.1) is 0 Å². The zero-order valence-electron chi connectivity index (χ0n) is 12.1. The third-order valence-electron chi connectivity index (χ3n) is 4.69. The van der Waals surface area contributed by atoms with Gasteiger partial charge in [-0.15, -0.1) is 0 Å². The largest absolute Gasteiger partial charge is 0.376 e. The van der Waals surface area contributed by atoms with Gasteiger partial charge >= 0.3 is 0 Å². The van der Waals surface area contributed by atoms with E-state index in [0.29, 0.717) is 24.2 Å². The van der Waals surface area contributed by atoms with Crippen LogP contribution < -0.4 is 5.73 Å². The fourth-order valence-corrected chi connectivity index (χ4v) is 3.53. The molecular formula is C15H30N2O. The van der Waals surface area contributed by atoms with E-state index in [9.17, 15) is 0 Å². The molecule has 0 amide bonds. The van der Waals surface area contributed by atoms with Gasteiger partial charge in [0.05, 0.1) is 12.7 Å². The highest BCUT2D eigenvalue weighted by molar-refractivity contribution is 4.90. The van der Waals surface area contributed by atoms with Gasteiger partial charge in [-0.25, -0.2) is 0 Å². The van der Waals surface area contributed by atoms with Crippen LogP contribution in [0.1, 0.15) is 58.8 Å². The normalized spacial score (nSPS) is 40.2. The molecule has 18 heavy (non-hydrogen) atoms. The van der Waals surface area contributed by atoms with Crippen molar-refractivity contribution >= 4 is 0 Å². The van der Waals surface area contributed by atoms with Crippen LogP contribution in [0.5, 0.6) is 0 Å². The van der Waals surface area contributed by atoms with Gasteiger partial charge in [0.1, 0.15) is 0 Å². The van der Waals surface area contributed by atoms with Crippen LogP contribution in [-0.4, -0.2) is 42.3 Å². The molecule has 0 spiro atoms. The molecule has 0 radical (unpaired) electrons. The molecule has 1 saturated carbocycles. The molecule has 1 heterocycles. The van der Waals surface area contributed by atoms with Crippen LogP contribution in [0.25, 0.3) is 0 Å². The minimum Gasteiger partial charge on any atom is -0.376 e. The van der Waals surface area contributed by atoms with Crippen LogP contribution in [0.2, 0.25) is 0 Å². The summed E-state index contributed by atoms with van der Waals surface area (Å²) in [4.78, 5) is 2.67. The van der Waals surface area contributed by atoms with Gasteiger partial charge in [-0.3, -0.25) is 4.90 Å². The molecule has 0 aromatic rings. The Bertz CT molecular complexity index is 247. The van der Waals surface area contributed by atoms with Crippen molar-refractivity contribution in [3.63, 3.8) is 0 Å². The third-order valence-corrected chi connectivity index (χ3v) is 4.69. The summed E-state index contributed by atoms with van der Waals surface area (Å²) >= 11 is 0. The lowest BCUT2D eigenvalue weighted by atomic mass is 9.90. The Kier molecular flexibility index (Phi) is 5.46. The van der Waals surface area contributed by atoms with Crippen molar-refractivity contribution in [1.82, 2.24) is 4.90 Å². The third kappa shape index (κ3) is 3.46. The van der Waals surface area contributed by atoms with E-state index in [0.717, 1.165) is 13.2 Å². The number of hydrogen-bond donors (Lipinski definition) is 1. The van der Waals surface area contributed by atoms with Crippen molar-refractivity contribution in [1.29, 1.82) is 0 Å². The van der Waals surface area contributed by atoms with E-state index in [-0.39, 0.29) is 0 Å². The monoisotopic (exact) mass is 254 g/mol. The van der Waals surface area contributed by atoms with Gasteiger partial charge in [-0.2, -0.15) is 0 Å². The van der Waals surface area contributed by atoms with Crippen LogP contribution in [0.3, 0.4) is 0 Å². The number of nitrogens with two attached hydrogens (primary N) is 1. The second-order valence-corrected chi connectivity index (χ2v) is 6.13. The highest BCUT2D eigenvalue weighted by atomic mass is 16.5. The first kappa shape index (κ1) is 14.3. The van der Waals surface area contributed by atoms with Gasteiger partial charge in [-0.05, 0) is 26.2 Å². The van der Waals surface area contributed by atoms with Crippen LogP contribution in [0.4, 0.5) is 0 Å². The summed E-state index contributed by atoms with van der Waals surface area (Å²) in [5, 5.41) is 0. The van der Waals surface area contributed by atoms with Crippen LogP contribution in [0.15, 0.2) is 0 Å². The number of hydrogen-bond acceptors (Lipinski definition) is 3. The van der Waals surface area contributed by atoms with E-state index >= 15 is 0 Å². The van der Waals surface area contributed by atoms with E-state index in [4.69, 9.17) is 10.5 Å². The molecule has 0 aromatic heterocycles. The smallest absolute Gasteiger partial charge is 0.0674 e. The van der Waals surface area contributed by atoms with Crippen molar-refractivity contribution < 1.29 is 4.74 Å². The molecule has 1 aliphatic carbocycles. The zero-order chi connectivity index (χ0) is 13.0. The van der Waals surface area contributed by atoms with Crippen molar-refractivity contribution in [3.05, 3.63) is 0 Å². The van der Waals surface area contributed by atoms with Crippen molar-refractivity contribution in [2.75, 3.05) is 13.2 Å². The van der Waals surface area contributed by atoms with Gasteiger partial charge in [0.25, 0.3) is 0 Å². The predicted molar refractivity (Wildman–Crippen MR) is 75.7 cm³/mol. The second-order valence-electron chi connectivity index (χ2n) is 6.13. The first-order valence-corrected chi connectivity index (χ1v) is 7.85. The van der Waals surface area contributed by atoms with Gasteiger partial charge in [0, 0.05) is 24.7 Å². The molecule has 2 aliphatic rings. The average molecular weight is 254 g/mol. The highest BCUT2D eigenvalue weighted by Gasteiger charge is 2.34. The van der Waals surface area contributed by atoms with Crippen LogP contribution in [-0.2, 0) is 4.74 Å². The Morgan fingerprint density at radius 1 is 1.17 bits per heavy atom. The fourth-order valence-electron chi connectivity index (χ4n) is 3.53. The van der Waals surface area contributed by atoms with Crippen molar-refractivity contribution in [2.24, 2.45) is 5.73 Å². The average Bonchev–Trinajstić information content (AvgIpc) is 2.34. The molecule has 1 aliphatic heterocycles. The lowest BCUT2D eigenvalue weighted by molar-refractivity contribution is -0.0785. The Morgan fingerprint density at radius 3 is 2.61 bits per heavy atom. The molecule has 3 nitrogen and oxygen atoms in total. The number of ether oxygens (including phenoxy) is 1. The van der Waals surface area contributed by atoms with E-state index in [1.807, 2.05) is 0 Å². The molecule has 4 atom stereocenters. The molecule has 1 saturated heterocycles. The summed E-state index contributed by atoms with van der Waals surface area (Å²) in [6, 6.07) is 1.53. The maximum atomic E-state index is 6.46. The minimum atomic E-state index is 0.365. The number of rotatable bonds is 2. The van der Waals surface area contributed by atoms with Crippen molar-refractivity contribution in [3.8, 4) is 0 Å². The predicted octanol–water partition coefficient (Wildman–Crippen LogP) is 2.54. The quantitative estimate of drug-likeness (QED) is 0.823. The highest BCUT2D eigenvalue weighted by Crippen LogP contribution is 2.26. The number of nitrogens with zero attached hydrogens (tertiary/aromatic N) is 1. The van der Waals surface area contributed by atoms with E-state index in [1.165, 1.54) is 44.9 Å². The molecule has 4 unspecified atom stereocenters. The second kappa shape index (κ2) is 6.88. The standard InChI is InChI=1S/C15H30N2O/c1-3-13-11-18-12(2)10-17(13)15-9-7-5-4-6-8-14(15)16/h12-15H,3-11,16H2,1-2H3. The van der Waals surface area contributed by atoms with Gasteiger partial charge < -0.3 is 10.5 Å². The summed E-state index contributed by atoms with van der Waals surface area (Å²) in [6.45, 7) is 6.41. The maximum Gasteiger partial charge on any atom is 0.0674 e. The molecule has 106 valence electrons. The lowest BCUT2D eigenvalue weighted by Gasteiger charge is -2.45. The lowest BCUT2D eigenvalue weighted by Crippen LogP contribution is -2.58. The summed E-state index contributed by atoms with van der Waals surface area (Å²) < 4.78 is 5.81. The van der Waals surface area contributed by atoms with E-state index < -0.39 is 0 Å². The Labute approximate surface area is 112 Å². The molecule has 0 aromatic carbocycles.